The highest BCUT2D eigenvalue weighted by Crippen LogP contribution is 2.23. The fourth-order valence-corrected chi connectivity index (χ4v) is 3.23. The smallest absolute Gasteiger partial charge is 0.305 e. The van der Waals surface area contributed by atoms with Crippen molar-refractivity contribution < 1.29 is 19.7 Å². The number of ether oxygens (including phenoxy) is 1. The zero-order valence-corrected chi connectivity index (χ0v) is 17.6. The van der Waals surface area contributed by atoms with Gasteiger partial charge >= 0.3 is 5.97 Å². The van der Waals surface area contributed by atoms with Crippen LogP contribution in [-0.4, -0.2) is 35.5 Å². The van der Waals surface area contributed by atoms with Gasteiger partial charge < -0.3 is 14.9 Å². The Kier molecular flexibility index (Phi) is 13.3. The SMILES string of the molecule is CCCCC[C@@H](O)C/C=C/C1=CC(=C\C=C\[C@@H](O)CCCC(=O)OC)/CCC1. The standard InChI is InChI=1S/C24H38O4/c1-3-4-5-14-22(25)15-7-12-20-10-6-11-21(19-20)13-8-16-23(26)17-9-18-24(27)28-2/h7-8,12-13,16,19,22-23,25-26H,3-6,9-11,14-15,17-18H2,1-2H3/b12-7+,16-8+,21-13-/t22-,23-/m1/s1. The molecule has 0 amide bonds. The lowest BCUT2D eigenvalue weighted by atomic mass is 9.94. The molecule has 0 spiro atoms. The van der Waals surface area contributed by atoms with Gasteiger partial charge in [0.05, 0.1) is 19.3 Å². The van der Waals surface area contributed by atoms with E-state index >= 15 is 0 Å². The van der Waals surface area contributed by atoms with E-state index in [-0.39, 0.29) is 12.1 Å². The molecule has 0 bridgehead atoms. The van der Waals surface area contributed by atoms with E-state index in [1.807, 2.05) is 6.08 Å². The van der Waals surface area contributed by atoms with Gasteiger partial charge in [-0.1, -0.05) is 62.6 Å². The zero-order valence-electron chi connectivity index (χ0n) is 17.6. The van der Waals surface area contributed by atoms with E-state index in [1.54, 1.807) is 6.08 Å². The number of methoxy groups -OCH3 is 1. The minimum atomic E-state index is -0.539. The van der Waals surface area contributed by atoms with Gasteiger partial charge in [0.15, 0.2) is 0 Å². The largest absolute Gasteiger partial charge is 0.469 e. The van der Waals surface area contributed by atoms with Gasteiger partial charge in [-0.25, -0.2) is 0 Å². The van der Waals surface area contributed by atoms with Crippen LogP contribution in [0.3, 0.4) is 0 Å². The second kappa shape index (κ2) is 15.3. The van der Waals surface area contributed by atoms with E-state index in [9.17, 15) is 15.0 Å². The van der Waals surface area contributed by atoms with Crippen LogP contribution in [-0.2, 0) is 9.53 Å². The predicted octanol–water partition coefficient (Wildman–Crippen LogP) is 5.17. The van der Waals surface area contributed by atoms with Crippen LogP contribution in [0.1, 0.15) is 77.6 Å². The van der Waals surface area contributed by atoms with E-state index in [0.29, 0.717) is 19.3 Å². The Bertz CT molecular complexity index is 557. The minimum Gasteiger partial charge on any atom is -0.469 e. The molecule has 28 heavy (non-hydrogen) atoms. The molecule has 1 rings (SSSR count). The Morgan fingerprint density at radius 1 is 1.21 bits per heavy atom. The highest BCUT2D eigenvalue weighted by molar-refractivity contribution is 5.68. The van der Waals surface area contributed by atoms with Crippen LogP contribution in [0.5, 0.6) is 0 Å². The molecule has 4 nitrogen and oxygen atoms in total. The Labute approximate surface area is 170 Å². The van der Waals surface area contributed by atoms with Gasteiger partial charge in [-0.3, -0.25) is 4.79 Å². The third-order valence-corrected chi connectivity index (χ3v) is 4.93. The Balaban J connectivity index is 2.40. The maximum Gasteiger partial charge on any atom is 0.305 e. The average molecular weight is 391 g/mol. The number of hydrogen-bond donors (Lipinski definition) is 2. The highest BCUT2D eigenvalue weighted by Gasteiger charge is 2.06. The number of unbranched alkanes of at least 4 members (excludes halogenated alkanes) is 2. The first-order valence-corrected chi connectivity index (χ1v) is 10.7. The molecule has 2 N–H and O–H groups in total. The van der Waals surface area contributed by atoms with Gasteiger partial charge in [0.2, 0.25) is 0 Å². The lowest BCUT2D eigenvalue weighted by Crippen LogP contribution is -2.05. The van der Waals surface area contributed by atoms with Gasteiger partial charge in [-0.2, -0.15) is 0 Å². The molecular weight excluding hydrogens is 352 g/mol. The maximum absolute atomic E-state index is 11.1. The van der Waals surface area contributed by atoms with Gasteiger partial charge in [0.25, 0.3) is 0 Å². The van der Waals surface area contributed by atoms with Crippen molar-refractivity contribution in [3.8, 4) is 0 Å². The molecule has 1 aliphatic rings. The van der Waals surface area contributed by atoms with Crippen LogP contribution in [0, 0.1) is 0 Å². The van der Waals surface area contributed by atoms with Crippen molar-refractivity contribution in [1.82, 2.24) is 0 Å². The maximum atomic E-state index is 11.1. The lowest BCUT2D eigenvalue weighted by molar-refractivity contribution is -0.140. The summed E-state index contributed by atoms with van der Waals surface area (Å²) >= 11 is 0. The van der Waals surface area contributed by atoms with Crippen molar-refractivity contribution >= 4 is 5.97 Å². The summed E-state index contributed by atoms with van der Waals surface area (Å²) in [4.78, 5) is 11.1. The van der Waals surface area contributed by atoms with Crippen molar-refractivity contribution in [2.75, 3.05) is 7.11 Å². The number of hydrogen-bond acceptors (Lipinski definition) is 4. The van der Waals surface area contributed by atoms with Gasteiger partial charge in [0.1, 0.15) is 0 Å². The molecule has 0 aromatic heterocycles. The summed E-state index contributed by atoms with van der Waals surface area (Å²) in [5, 5.41) is 19.9. The number of rotatable bonds is 13. The number of aliphatic hydroxyl groups is 2. The second-order valence-electron chi connectivity index (χ2n) is 7.52. The predicted molar refractivity (Wildman–Crippen MR) is 115 cm³/mol. The van der Waals surface area contributed by atoms with Crippen LogP contribution < -0.4 is 0 Å². The van der Waals surface area contributed by atoms with Crippen molar-refractivity contribution in [2.24, 2.45) is 0 Å². The van der Waals surface area contributed by atoms with Crippen LogP contribution in [0.2, 0.25) is 0 Å². The van der Waals surface area contributed by atoms with Crippen molar-refractivity contribution in [2.45, 2.75) is 89.8 Å². The first kappa shape index (κ1) is 24.4. The monoisotopic (exact) mass is 390 g/mol. The molecule has 0 radical (unpaired) electrons. The van der Waals surface area contributed by atoms with Crippen LogP contribution >= 0.6 is 0 Å². The lowest BCUT2D eigenvalue weighted by Gasteiger charge is -2.12. The van der Waals surface area contributed by atoms with Crippen LogP contribution in [0.15, 0.2) is 47.6 Å². The minimum absolute atomic E-state index is 0.231. The summed E-state index contributed by atoms with van der Waals surface area (Å²) in [5.41, 5.74) is 2.55. The van der Waals surface area contributed by atoms with Gasteiger partial charge in [-0.05, 0) is 56.1 Å². The molecule has 0 aromatic rings. The van der Waals surface area contributed by atoms with E-state index < -0.39 is 6.10 Å². The quantitative estimate of drug-likeness (QED) is 0.336. The molecule has 0 saturated carbocycles. The summed E-state index contributed by atoms with van der Waals surface area (Å²) in [6.07, 6.45) is 21.2. The Hall–Kier alpha value is -1.65. The van der Waals surface area contributed by atoms with E-state index in [2.05, 4.69) is 36.0 Å². The second-order valence-corrected chi connectivity index (χ2v) is 7.52. The third-order valence-electron chi connectivity index (χ3n) is 4.93. The summed E-state index contributed by atoms with van der Waals surface area (Å²) in [7, 11) is 1.38. The zero-order chi connectivity index (χ0) is 20.6. The normalized spacial score (nSPS) is 18.6. The number of esters is 1. The Morgan fingerprint density at radius 3 is 2.79 bits per heavy atom. The molecule has 0 fully saturated rings. The number of carbonyl (C=O) groups excluding carboxylic acids is 1. The molecule has 1 aliphatic carbocycles. The average Bonchev–Trinajstić information content (AvgIpc) is 2.68. The van der Waals surface area contributed by atoms with Gasteiger partial charge in [-0.15, -0.1) is 0 Å². The highest BCUT2D eigenvalue weighted by atomic mass is 16.5. The van der Waals surface area contributed by atoms with E-state index in [4.69, 9.17) is 0 Å². The fraction of sp³-hybridized carbons (Fsp3) is 0.625. The first-order chi connectivity index (χ1) is 13.5. The number of aliphatic hydroxyl groups excluding tert-OH is 2. The Morgan fingerprint density at radius 2 is 2.04 bits per heavy atom. The fourth-order valence-electron chi connectivity index (χ4n) is 3.23. The van der Waals surface area contributed by atoms with Crippen LogP contribution in [0.4, 0.5) is 0 Å². The van der Waals surface area contributed by atoms with Crippen molar-refractivity contribution in [3.05, 3.63) is 47.6 Å². The molecule has 0 unspecified atom stereocenters. The summed E-state index contributed by atoms with van der Waals surface area (Å²) in [6.45, 7) is 2.17. The van der Waals surface area contributed by atoms with Gasteiger partial charge in [0, 0.05) is 6.42 Å². The van der Waals surface area contributed by atoms with E-state index in [1.165, 1.54) is 31.1 Å². The number of carbonyl (C=O) groups is 1. The molecule has 0 saturated heterocycles. The van der Waals surface area contributed by atoms with Crippen LogP contribution in [0.25, 0.3) is 0 Å². The number of allylic oxidation sites excluding steroid dienone is 6. The summed E-state index contributed by atoms with van der Waals surface area (Å²) < 4.78 is 4.59. The molecule has 158 valence electrons. The molecule has 0 aromatic carbocycles. The molecule has 0 aliphatic heterocycles. The van der Waals surface area contributed by atoms with E-state index in [0.717, 1.165) is 38.5 Å². The molecule has 4 heteroatoms. The summed E-state index contributed by atoms with van der Waals surface area (Å²) in [6, 6.07) is 0. The molecular formula is C24H38O4. The molecule has 0 heterocycles. The van der Waals surface area contributed by atoms with Crippen molar-refractivity contribution in [1.29, 1.82) is 0 Å². The third kappa shape index (κ3) is 11.9. The first-order valence-electron chi connectivity index (χ1n) is 10.7. The van der Waals surface area contributed by atoms with Crippen molar-refractivity contribution in [3.63, 3.8) is 0 Å². The molecule has 2 atom stereocenters. The topological polar surface area (TPSA) is 66.8 Å². The summed E-state index contributed by atoms with van der Waals surface area (Å²) in [5.74, 6) is -0.236.